The fourth-order valence-corrected chi connectivity index (χ4v) is 2.29. The molecule has 0 aliphatic rings. The van der Waals surface area contributed by atoms with E-state index in [2.05, 4.69) is 0 Å². The third-order valence-corrected chi connectivity index (χ3v) is 3.22. The van der Waals surface area contributed by atoms with Crippen molar-refractivity contribution in [3.8, 4) is 11.5 Å². The van der Waals surface area contributed by atoms with Gasteiger partial charge in [0.1, 0.15) is 11.5 Å². The average Bonchev–Trinajstić information content (AvgIpc) is 2.40. The van der Waals surface area contributed by atoms with Crippen molar-refractivity contribution in [3.05, 3.63) is 23.8 Å². The number of aromatic hydroxyl groups is 1. The highest BCUT2D eigenvalue weighted by Gasteiger charge is 2.26. The van der Waals surface area contributed by atoms with Gasteiger partial charge in [-0.05, 0) is 45.9 Å². The van der Waals surface area contributed by atoms with Crippen LogP contribution in [0.1, 0.15) is 33.3 Å². The van der Waals surface area contributed by atoms with Gasteiger partial charge in [-0.25, -0.2) is 0 Å². The van der Waals surface area contributed by atoms with E-state index < -0.39 is 11.7 Å². The fourth-order valence-electron chi connectivity index (χ4n) is 2.29. The SMILES string of the molecule is COc1ccc(O)c(CC(=O)C(=O)N(C(C)C)C(C)C)c1. The molecule has 0 heterocycles. The predicted octanol–water partition coefficient (Wildman–Crippen LogP) is 2.16. The molecule has 5 heteroatoms. The van der Waals surface area contributed by atoms with Crippen molar-refractivity contribution in [1.29, 1.82) is 0 Å². The molecule has 0 unspecified atom stereocenters. The Morgan fingerprint density at radius 1 is 1.19 bits per heavy atom. The quantitative estimate of drug-likeness (QED) is 0.816. The molecule has 21 heavy (non-hydrogen) atoms. The Labute approximate surface area is 125 Å². The summed E-state index contributed by atoms with van der Waals surface area (Å²) in [6.07, 6.45) is -0.141. The molecule has 0 aromatic heterocycles. The van der Waals surface area contributed by atoms with Crippen molar-refractivity contribution >= 4 is 11.7 Å². The van der Waals surface area contributed by atoms with Gasteiger partial charge in [-0.3, -0.25) is 9.59 Å². The number of ketones is 1. The van der Waals surface area contributed by atoms with Crippen LogP contribution >= 0.6 is 0 Å². The zero-order valence-electron chi connectivity index (χ0n) is 13.2. The second kappa shape index (κ2) is 7.11. The maximum atomic E-state index is 12.3. The van der Waals surface area contributed by atoms with E-state index in [1.165, 1.54) is 13.2 Å². The lowest BCUT2D eigenvalue weighted by Crippen LogP contribution is -2.46. The zero-order valence-corrected chi connectivity index (χ0v) is 13.2. The minimum atomic E-state index is -0.541. The van der Waals surface area contributed by atoms with Gasteiger partial charge in [-0.2, -0.15) is 0 Å². The number of methoxy groups -OCH3 is 1. The molecule has 1 amide bonds. The average molecular weight is 293 g/mol. The molecule has 0 radical (unpaired) electrons. The number of amides is 1. The molecule has 116 valence electrons. The topological polar surface area (TPSA) is 66.8 Å². The smallest absolute Gasteiger partial charge is 0.290 e. The van der Waals surface area contributed by atoms with Crippen LogP contribution in [0.5, 0.6) is 11.5 Å². The maximum absolute atomic E-state index is 12.3. The van der Waals surface area contributed by atoms with Gasteiger partial charge < -0.3 is 14.7 Å². The first-order chi connectivity index (χ1) is 9.77. The summed E-state index contributed by atoms with van der Waals surface area (Å²) >= 11 is 0. The van der Waals surface area contributed by atoms with Gasteiger partial charge in [0.25, 0.3) is 5.91 Å². The van der Waals surface area contributed by atoms with E-state index in [4.69, 9.17) is 4.74 Å². The van der Waals surface area contributed by atoms with Crippen molar-refractivity contribution < 1.29 is 19.4 Å². The Kier molecular flexibility index (Phi) is 5.76. The minimum absolute atomic E-state index is 0.0161. The summed E-state index contributed by atoms with van der Waals surface area (Å²) in [5, 5.41) is 9.79. The molecule has 1 aromatic rings. The van der Waals surface area contributed by atoms with Gasteiger partial charge in [-0.15, -0.1) is 0 Å². The molecule has 0 bridgehead atoms. The van der Waals surface area contributed by atoms with Crippen molar-refractivity contribution in [2.24, 2.45) is 0 Å². The number of hydrogen-bond donors (Lipinski definition) is 1. The molecule has 1 rings (SSSR count). The lowest BCUT2D eigenvalue weighted by Gasteiger charge is -2.30. The van der Waals surface area contributed by atoms with Gasteiger partial charge >= 0.3 is 0 Å². The number of carbonyl (C=O) groups is 2. The lowest BCUT2D eigenvalue weighted by molar-refractivity contribution is -0.146. The summed E-state index contributed by atoms with van der Waals surface area (Å²) in [5.41, 5.74) is 0.389. The van der Waals surface area contributed by atoms with Crippen LogP contribution in [0.25, 0.3) is 0 Å². The number of nitrogens with zero attached hydrogens (tertiary/aromatic N) is 1. The van der Waals surface area contributed by atoms with E-state index >= 15 is 0 Å². The lowest BCUT2D eigenvalue weighted by atomic mass is 10.1. The molecular formula is C16H23NO4. The van der Waals surface area contributed by atoms with E-state index in [9.17, 15) is 14.7 Å². The summed E-state index contributed by atoms with van der Waals surface area (Å²) in [6.45, 7) is 7.48. The largest absolute Gasteiger partial charge is 0.508 e. The summed E-state index contributed by atoms with van der Waals surface area (Å²) < 4.78 is 5.06. The maximum Gasteiger partial charge on any atom is 0.290 e. The Morgan fingerprint density at radius 2 is 1.76 bits per heavy atom. The van der Waals surface area contributed by atoms with Crippen LogP contribution in [0.4, 0.5) is 0 Å². The first kappa shape index (κ1) is 17.0. The van der Waals surface area contributed by atoms with E-state index in [1.54, 1.807) is 17.0 Å². The minimum Gasteiger partial charge on any atom is -0.508 e. The molecule has 1 aromatic carbocycles. The van der Waals surface area contributed by atoms with Gasteiger partial charge in [0.15, 0.2) is 0 Å². The number of phenolic OH excluding ortho intramolecular Hbond substituents is 1. The van der Waals surface area contributed by atoms with Crippen molar-refractivity contribution in [1.82, 2.24) is 4.90 Å². The normalized spacial score (nSPS) is 10.8. The number of carbonyl (C=O) groups excluding carboxylic acids is 2. The second-order valence-corrected chi connectivity index (χ2v) is 5.49. The van der Waals surface area contributed by atoms with E-state index in [0.29, 0.717) is 11.3 Å². The van der Waals surface area contributed by atoms with Crippen molar-refractivity contribution in [3.63, 3.8) is 0 Å². The highest BCUT2D eigenvalue weighted by Crippen LogP contribution is 2.23. The van der Waals surface area contributed by atoms with Crippen molar-refractivity contribution in [2.45, 2.75) is 46.2 Å². The highest BCUT2D eigenvalue weighted by atomic mass is 16.5. The van der Waals surface area contributed by atoms with E-state index in [-0.39, 0.29) is 24.3 Å². The summed E-state index contributed by atoms with van der Waals surface area (Å²) in [5.74, 6) is -0.548. The number of benzene rings is 1. The highest BCUT2D eigenvalue weighted by molar-refractivity contribution is 6.36. The molecule has 0 spiro atoms. The first-order valence-corrected chi connectivity index (χ1v) is 6.99. The number of phenols is 1. The van der Waals surface area contributed by atoms with Crippen LogP contribution in [0.2, 0.25) is 0 Å². The number of hydrogen-bond acceptors (Lipinski definition) is 4. The molecule has 0 aliphatic carbocycles. The van der Waals surface area contributed by atoms with Crippen LogP contribution in [-0.4, -0.2) is 40.9 Å². The zero-order chi connectivity index (χ0) is 16.2. The summed E-state index contributed by atoms with van der Waals surface area (Å²) in [7, 11) is 1.50. The second-order valence-electron chi connectivity index (χ2n) is 5.49. The Morgan fingerprint density at radius 3 is 2.24 bits per heavy atom. The van der Waals surface area contributed by atoms with Crippen molar-refractivity contribution in [2.75, 3.05) is 7.11 Å². The molecule has 0 aliphatic heterocycles. The van der Waals surface area contributed by atoms with Crippen LogP contribution in [0, 0.1) is 0 Å². The first-order valence-electron chi connectivity index (χ1n) is 6.99. The van der Waals surface area contributed by atoms with E-state index in [0.717, 1.165) is 0 Å². The molecule has 0 saturated carbocycles. The molecular weight excluding hydrogens is 270 g/mol. The number of Topliss-reactive ketones (excluding diaryl/α,β-unsaturated/α-hetero) is 1. The molecule has 0 atom stereocenters. The molecule has 1 N–H and O–H groups in total. The number of ether oxygens (including phenoxy) is 1. The van der Waals surface area contributed by atoms with Crippen LogP contribution in [0.3, 0.4) is 0 Å². The summed E-state index contributed by atoms with van der Waals surface area (Å²) in [6, 6.07) is 4.50. The standard InChI is InChI=1S/C16H23NO4/c1-10(2)17(11(3)4)16(20)15(19)9-12-8-13(21-5)6-7-14(12)18/h6-8,10-11,18H,9H2,1-5H3. The fraction of sp³-hybridized carbons (Fsp3) is 0.500. The Hall–Kier alpha value is -2.04. The molecule has 5 nitrogen and oxygen atoms in total. The number of rotatable bonds is 6. The Bertz CT molecular complexity index is 515. The van der Waals surface area contributed by atoms with Crippen LogP contribution in [0.15, 0.2) is 18.2 Å². The third kappa shape index (κ3) is 4.21. The third-order valence-electron chi connectivity index (χ3n) is 3.22. The Balaban J connectivity index is 2.92. The predicted molar refractivity (Wildman–Crippen MR) is 80.5 cm³/mol. The monoisotopic (exact) mass is 293 g/mol. The van der Waals surface area contributed by atoms with Gasteiger partial charge in [0, 0.05) is 24.1 Å². The van der Waals surface area contributed by atoms with Gasteiger partial charge in [-0.1, -0.05) is 0 Å². The van der Waals surface area contributed by atoms with Gasteiger partial charge in [0.05, 0.1) is 7.11 Å². The van der Waals surface area contributed by atoms with Crippen LogP contribution in [-0.2, 0) is 16.0 Å². The van der Waals surface area contributed by atoms with E-state index in [1.807, 2.05) is 27.7 Å². The summed E-state index contributed by atoms with van der Waals surface area (Å²) in [4.78, 5) is 26.0. The van der Waals surface area contributed by atoms with Gasteiger partial charge in [0.2, 0.25) is 5.78 Å². The molecule has 0 fully saturated rings. The molecule has 0 saturated heterocycles. The van der Waals surface area contributed by atoms with Crippen LogP contribution < -0.4 is 4.74 Å².